The van der Waals surface area contributed by atoms with Gasteiger partial charge in [0.1, 0.15) is 5.76 Å². The third-order valence-corrected chi connectivity index (χ3v) is 4.64. The van der Waals surface area contributed by atoms with Crippen molar-refractivity contribution >= 4 is 17.7 Å². The van der Waals surface area contributed by atoms with Crippen molar-refractivity contribution in [3.8, 4) is 11.4 Å². The molecular formula is C15H22N4O2S. The molecule has 0 radical (unpaired) electrons. The molecule has 1 N–H and O–H groups in total. The van der Waals surface area contributed by atoms with Crippen molar-refractivity contribution in [2.45, 2.75) is 44.8 Å². The van der Waals surface area contributed by atoms with Crippen LogP contribution in [-0.4, -0.2) is 32.5 Å². The molecule has 7 heteroatoms. The highest BCUT2D eigenvalue weighted by molar-refractivity contribution is 7.99. The Morgan fingerprint density at radius 1 is 1.41 bits per heavy atom. The van der Waals surface area contributed by atoms with Crippen LogP contribution in [-0.2, 0) is 11.8 Å². The van der Waals surface area contributed by atoms with Gasteiger partial charge in [-0.3, -0.25) is 4.79 Å². The number of carbonyl (C=O) groups excluding carboxylic acids is 1. The third kappa shape index (κ3) is 3.71. The third-order valence-electron chi connectivity index (χ3n) is 3.62. The van der Waals surface area contributed by atoms with Gasteiger partial charge in [-0.15, -0.1) is 10.2 Å². The lowest BCUT2D eigenvalue weighted by atomic mass is 10.2. The first kappa shape index (κ1) is 16.6. The van der Waals surface area contributed by atoms with E-state index in [1.165, 1.54) is 11.8 Å². The Balaban J connectivity index is 1.99. The lowest BCUT2D eigenvalue weighted by Crippen LogP contribution is -2.35. The van der Waals surface area contributed by atoms with Gasteiger partial charge in [0.2, 0.25) is 5.91 Å². The van der Waals surface area contributed by atoms with Crippen molar-refractivity contribution in [2.24, 2.45) is 7.05 Å². The molecule has 22 heavy (non-hydrogen) atoms. The molecule has 0 spiro atoms. The SMILES string of the molecule is CCC(CC)NC(=O)CSc1nnc(-c2ccoc2C)n1C. The number of aromatic nitrogens is 3. The van der Waals surface area contributed by atoms with Crippen LogP contribution in [0.25, 0.3) is 11.4 Å². The van der Waals surface area contributed by atoms with Gasteiger partial charge in [0.05, 0.1) is 17.6 Å². The second kappa shape index (κ2) is 7.49. The zero-order valence-corrected chi connectivity index (χ0v) is 14.2. The highest BCUT2D eigenvalue weighted by atomic mass is 32.2. The van der Waals surface area contributed by atoms with Gasteiger partial charge in [-0.25, -0.2) is 0 Å². The van der Waals surface area contributed by atoms with Crippen LogP contribution in [0, 0.1) is 6.92 Å². The zero-order chi connectivity index (χ0) is 16.1. The summed E-state index contributed by atoms with van der Waals surface area (Å²) in [6.45, 7) is 6.04. The van der Waals surface area contributed by atoms with Crippen molar-refractivity contribution in [3.05, 3.63) is 18.1 Å². The van der Waals surface area contributed by atoms with E-state index in [1.54, 1.807) is 6.26 Å². The van der Waals surface area contributed by atoms with Crippen LogP contribution in [0.3, 0.4) is 0 Å². The number of aryl methyl sites for hydroxylation is 1. The van der Waals surface area contributed by atoms with Gasteiger partial charge >= 0.3 is 0 Å². The second-order valence-electron chi connectivity index (χ2n) is 5.13. The van der Waals surface area contributed by atoms with Gasteiger partial charge in [0.25, 0.3) is 0 Å². The van der Waals surface area contributed by atoms with E-state index in [0.29, 0.717) is 5.75 Å². The van der Waals surface area contributed by atoms with Gasteiger partial charge < -0.3 is 14.3 Å². The molecule has 0 saturated heterocycles. The molecular weight excluding hydrogens is 300 g/mol. The van der Waals surface area contributed by atoms with Gasteiger partial charge in [0, 0.05) is 13.1 Å². The number of furan rings is 1. The summed E-state index contributed by atoms with van der Waals surface area (Å²) in [7, 11) is 1.89. The first-order chi connectivity index (χ1) is 10.6. The minimum atomic E-state index is 0.0303. The van der Waals surface area contributed by atoms with Crippen LogP contribution in [0.5, 0.6) is 0 Å². The maximum Gasteiger partial charge on any atom is 0.230 e. The van der Waals surface area contributed by atoms with Crippen LogP contribution < -0.4 is 5.32 Å². The monoisotopic (exact) mass is 322 g/mol. The molecule has 0 aliphatic rings. The van der Waals surface area contributed by atoms with Gasteiger partial charge in [-0.05, 0) is 25.8 Å². The van der Waals surface area contributed by atoms with Crippen LogP contribution >= 0.6 is 11.8 Å². The molecule has 2 rings (SSSR count). The summed E-state index contributed by atoms with van der Waals surface area (Å²) in [6.07, 6.45) is 3.52. The lowest BCUT2D eigenvalue weighted by Gasteiger charge is -2.14. The predicted octanol–water partition coefficient (Wildman–Crippen LogP) is 2.78. The zero-order valence-electron chi connectivity index (χ0n) is 13.4. The number of amides is 1. The van der Waals surface area contributed by atoms with E-state index in [4.69, 9.17) is 4.42 Å². The number of nitrogens with zero attached hydrogens (tertiary/aromatic N) is 3. The molecule has 2 aromatic rings. The number of hydrogen-bond donors (Lipinski definition) is 1. The molecule has 0 aliphatic carbocycles. The fraction of sp³-hybridized carbons (Fsp3) is 0.533. The molecule has 0 fully saturated rings. The van der Waals surface area contributed by atoms with Crippen LogP contribution in [0.1, 0.15) is 32.4 Å². The standard InChI is InChI=1S/C15H22N4O2S/c1-5-11(6-2)16-13(20)9-22-15-18-17-14(19(15)4)12-7-8-21-10(12)3/h7-8,11H,5-6,9H2,1-4H3,(H,16,20). The van der Waals surface area contributed by atoms with E-state index in [9.17, 15) is 4.79 Å². The van der Waals surface area contributed by atoms with Crippen molar-refractivity contribution in [3.63, 3.8) is 0 Å². The molecule has 0 unspecified atom stereocenters. The summed E-state index contributed by atoms with van der Waals surface area (Å²) in [6, 6.07) is 2.12. The number of nitrogens with one attached hydrogen (secondary N) is 1. The first-order valence-corrected chi connectivity index (χ1v) is 8.41. The Morgan fingerprint density at radius 3 is 2.73 bits per heavy atom. The Morgan fingerprint density at radius 2 is 2.14 bits per heavy atom. The molecule has 0 aromatic carbocycles. The predicted molar refractivity (Wildman–Crippen MR) is 86.7 cm³/mol. The maximum absolute atomic E-state index is 11.9. The Kier molecular flexibility index (Phi) is 5.65. The molecule has 0 bridgehead atoms. The van der Waals surface area contributed by atoms with E-state index in [-0.39, 0.29) is 11.9 Å². The van der Waals surface area contributed by atoms with E-state index in [1.807, 2.05) is 24.6 Å². The smallest absolute Gasteiger partial charge is 0.230 e. The summed E-state index contributed by atoms with van der Waals surface area (Å²) in [5, 5.41) is 12.1. The normalized spacial score (nSPS) is 11.1. The van der Waals surface area contributed by atoms with Crippen molar-refractivity contribution in [1.82, 2.24) is 20.1 Å². The highest BCUT2D eigenvalue weighted by Gasteiger charge is 2.16. The summed E-state index contributed by atoms with van der Waals surface area (Å²) in [5.41, 5.74) is 0.920. The van der Waals surface area contributed by atoms with E-state index < -0.39 is 0 Å². The minimum absolute atomic E-state index is 0.0303. The maximum atomic E-state index is 11.9. The Hall–Kier alpha value is -1.76. The quantitative estimate of drug-likeness (QED) is 0.794. The average molecular weight is 322 g/mol. The van der Waals surface area contributed by atoms with E-state index >= 15 is 0 Å². The van der Waals surface area contributed by atoms with Crippen LogP contribution in [0.15, 0.2) is 21.9 Å². The van der Waals surface area contributed by atoms with E-state index in [0.717, 1.165) is 35.1 Å². The summed E-state index contributed by atoms with van der Waals surface area (Å²) < 4.78 is 7.18. The number of hydrogen-bond acceptors (Lipinski definition) is 5. The van der Waals surface area contributed by atoms with Crippen molar-refractivity contribution < 1.29 is 9.21 Å². The van der Waals surface area contributed by atoms with Crippen LogP contribution in [0.2, 0.25) is 0 Å². The van der Waals surface area contributed by atoms with E-state index in [2.05, 4.69) is 29.4 Å². The molecule has 0 aliphatic heterocycles. The lowest BCUT2D eigenvalue weighted by molar-refractivity contribution is -0.119. The molecule has 1 amide bonds. The van der Waals surface area contributed by atoms with Gasteiger partial charge in [-0.2, -0.15) is 0 Å². The fourth-order valence-electron chi connectivity index (χ4n) is 2.18. The minimum Gasteiger partial charge on any atom is -0.469 e. The average Bonchev–Trinajstić information content (AvgIpc) is 3.08. The topological polar surface area (TPSA) is 73.0 Å². The van der Waals surface area contributed by atoms with Gasteiger partial charge in [-0.1, -0.05) is 25.6 Å². The second-order valence-corrected chi connectivity index (χ2v) is 6.07. The number of thioether (sulfide) groups is 1. The number of rotatable bonds is 7. The molecule has 0 atom stereocenters. The molecule has 2 heterocycles. The number of carbonyl (C=O) groups is 1. The van der Waals surface area contributed by atoms with Crippen molar-refractivity contribution in [1.29, 1.82) is 0 Å². The van der Waals surface area contributed by atoms with Crippen molar-refractivity contribution in [2.75, 3.05) is 5.75 Å². The Bertz CT molecular complexity index is 631. The molecule has 6 nitrogen and oxygen atoms in total. The fourth-order valence-corrected chi connectivity index (χ4v) is 2.91. The largest absolute Gasteiger partial charge is 0.469 e. The summed E-state index contributed by atoms with van der Waals surface area (Å²) in [5.74, 6) is 1.92. The molecule has 2 aromatic heterocycles. The van der Waals surface area contributed by atoms with Crippen LogP contribution in [0.4, 0.5) is 0 Å². The highest BCUT2D eigenvalue weighted by Crippen LogP contribution is 2.25. The molecule has 0 saturated carbocycles. The molecule has 120 valence electrons. The summed E-state index contributed by atoms with van der Waals surface area (Å²) in [4.78, 5) is 11.9. The Labute approximate surface area is 134 Å². The van der Waals surface area contributed by atoms with Gasteiger partial charge in [0.15, 0.2) is 11.0 Å². The first-order valence-electron chi connectivity index (χ1n) is 7.42. The summed E-state index contributed by atoms with van der Waals surface area (Å²) >= 11 is 1.39.